The quantitative estimate of drug-likeness (QED) is 0.195. The summed E-state index contributed by atoms with van der Waals surface area (Å²) in [4.78, 5) is 0. The van der Waals surface area contributed by atoms with Crippen molar-refractivity contribution in [1.29, 1.82) is 0 Å². The van der Waals surface area contributed by atoms with Crippen molar-refractivity contribution in [3.63, 3.8) is 0 Å². The topological polar surface area (TPSA) is 36.9 Å². The molecule has 0 radical (unpaired) electrons. The van der Waals surface area contributed by atoms with E-state index in [4.69, 9.17) is 13.3 Å². The number of hydrogen-bond donors (Lipinski definition) is 0. The summed E-state index contributed by atoms with van der Waals surface area (Å²) in [5.74, 6) is -40.8. The minimum absolute atomic E-state index is 0.440. The van der Waals surface area contributed by atoms with Gasteiger partial charge in [0.25, 0.3) is 0 Å². The normalized spacial score (nSPS) is 15.7. The molecule has 0 aromatic heterocycles. The molecule has 0 aliphatic carbocycles. The van der Waals surface area contributed by atoms with E-state index in [-0.39, 0.29) is 0 Å². The van der Waals surface area contributed by atoms with Gasteiger partial charge in [0.05, 0.1) is 0 Å². The van der Waals surface area contributed by atoms with Crippen molar-refractivity contribution < 1.29 is 83.9 Å². The van der Waals surface area contributed by atoms with Crippen molar-refractivity contribution in [2.24, 2.45) is 0 Å². The molecule has 0 atom stereocenters. The van der Waals surface area contributed by atoms with Crippen LogP contribution in [0.15, 0.2) is 0 Å². The van der Waals surface area contributed by atoms with Crippen LogP contribution in [0, 0.1) is 0 Å². The molecule has 0 aliphatic heterocycles. The van der Waals surface area contributed by atoms with Crippen LogP contribution in [0.3, 0.4) is 0 Å². The van der Waals surface area contributed by atoms with Crippen molar-refractivity contribution in [3.05, 3.63) is 0 Å². The van der Waals surface area contributed by atoms with Crippen molar-refractivity contribution >= 4 is 8.80 Å². The second kappa shape index (κ2) is 10.2. The summed E-state index contributed by atoms with van der Waals surface area (Å²) >= 11 is 0. The molecule has 0 N–H and O–H groups in total. The van der Waals surface area contributed by atoms with Gasteiger partial charge in [-0.05, 0) is 20.8 Å². The van der Waals surface area contributed by atoms with Crippen LogP contribution in [0.25, 0.3) is 0 Å². The second-order valence-electron chi connectivity index (χ2n) is 6.16. The minimum atomic E-state index is -8.39. The molecular formula is C14H17F15O4Si. The van der Waals surface area contributed by atoms with Crippen molar-refractivity contribution in [2.75, 3.05) is 26.1 Å². The third-order valence-electron chi connectivity index (χ3n) is 3.82. The van der Waals surface area contributed by atoms with E-state index in [1.54, 1.807) is 0 Å². The maximum atomic E-state index is 13.8. The summed E-state index contributed by atoms with van der Waals surface area (Å²) in [5, 5.41) is 0. The Morgan fingerprint density at radius 2 is 0.765 bits per heavy atom. The summed E-state index contributed by atoms with van der Waals surface area (Å²) in [6.07, 6.45) is -16.5. The number of ether oxygens (including phenoxy) is 1. The van der Waals surface area contributed by atoms with Crippen LogP contribution in [-0.2, 0) is 18.0 Å². The molecule has 0 bridgehead atoms. The highest BCUT2D eigenvalue weighted by Gasteiger charge is 2.93. The molecule has 0 amide bonds. The highest BCUT2D eigenvalue weighted by molar-refractivity contribution is 6.60. The van der Waals surface area contributed by atoms with Crippen molar-refractivity contribution in [2.45, 2.75) is 62.7 Å². The Balaban J connectivity index is 6.35. The highest BCUT2D eigenvalue weighted by atomic mass is 28.4. The van der Waals surface area contributed by atoms with Gasteiger partial charge in [0, 0.05) is 19.8 Å². The zero-order chi connectivity index (χ0) is 27.7. The fourth-order valence-electron chi connectivity index (χ4n) is 2.13. The van der Waals surface area contributed by atoms with Gasteiger partial charge in [-0.2, -0.15) is 65.9 Å². The molecule has 20 heteroatoms. The Hall–Kier alpha value is -0.993. The Morgan fingerprint density at radius 3 is 1.06 bits per heavy atom. The lowest BCUT2D eigenvalue weighted by Crippen LogP contribution is -2.73. The first-order chi connectivity index (χ1) is 14.9. The average Bonchev–Trinajstić information content (AvgIpc) is 2.65. The molecule has 4 nitrogen and oxygen atoms in total. The predicted octanol–water partition coefficient (Wildman–Crippen LogP) is 5.92. The SMILES string of the molecule is CCO[Si](COC(F)(F)C(F)(F)C(F)(F)C(F)(F)C(F)(F)C(F)(F)C(F)(F)F)(OCC)OCC. The summed E-state index contributed by atoms with van der Waals surface area (Å²) in [6, 6.07) is 0. The Bertz CT molecular complexity index is 651. The van der Waals surface area contributed by atoms with Crippen molar-refractivity contribution in [1.82, 2.24) is 0 Å². The zero-order valence-corrected chi connectivity index (χ0v) is 18.1. The molecule has 0 unspecified atom stereocenters. The van der Waals surface area contributed by atoms with E-state index in [0.717, 1.165) is 0 Å². The molecule has 206 valence electrons. The largest absolute Gasteiger partial charge is 0.528 e. The van der Waals surface area contributed by atoms with Gasteiger partial charge in [-0.3, -0.25) is 0 Å². The van der Waals surface area contributed by atoms with Crippen LogP contribution in [0.2, 0.25) is 0 Å². The maximum Gasteiger partial charge on any atom is 0.528 e. The lowest BCUT2D eigenvalue weighted by atomic mass is 9.93. The third kappa shape index (κ3) is 5.38. The first-order valence-corrected chi connectivity index (χ1v) is 10.7. The molecular weight excluding hydrogens is 545 g/mol. The summed E-state index contributed by atoms with van der Waals surface area (Å²) in [6.45, 7) is 2.23. The standard InChI is InChI=1S/C14H17F15O4Si/c1-4-31-34(32-5-2,33-6-3)7-30-14(28,29)12(23,24)10(19,20)8(15,16)9(17,18)11(21,22)13(25,26)27/h4-7H2,1-3H3. The molecule has 34 heavy (non-hydrogen) atoms. The van der Waals surface area contributed by atoms with Gasteiger partial charge < -0.3 is 18.0 Å². The van der Waals surface area contributed by atoms with Crippen LogP contribution in [-0.4, -0.2) is 76.8 Å². The van der Waals surface area contributed by atoms with Gasteiger partial charge in [0.1, 0.15) is 6.23 Å². The molecule has 0 saturated heterocycles. The van der Waals surface area contributed by atoms with Crippen LogP contribution in [0.4, 0.5) is 65.9 Å². The van der Waals surface area contributed by atoms with Gasteiger partial charge in [0.2, 0.25) is 0 Å². The van der Waals surface area contributed by atoms with Crippen LogP contribution in [0.5, 0.6) is 0 Å². The van der Waals surface area contributed by atoms with E-state index in [2.05, 4.69) is 4.74 Å². The third-order valence-corrected chi connectivity index (χ3v) is 6.51. The van der Waals surface area contributed by atoms with E-state index in [9.17, 15) is 65.9 Å². The predicted molar refractivity (Wildman–Crippen MR) is 82.3 cm³/mol. The van der Waals surface area contributed by atoms with Gasteiger partial charge >= 0.3 is 50.7 Å². The summed E-state index contributed by atoms with van der Waals surface area (Å²) in [7, 11) is -4.57. The lowest BCUT2D eigenvalue weighted by molar-refractivity contribution is -0.471. The van der Waals surface area contributed by atoms with Crippen LogP contribution < -0.4 is 0 Å². The number of rotatable bonds is 14. The number of halogens is 15. The second-order valence-corrected chi connectivity index (χ2v) is 8.68. The van der Waals surface area contributed by atoms with E-state index in [1.165, 1.54) is 20.8 Å². The minimum Gasteiger partial charge on any atom is -0.372 e. The fraction of sp³-hybridized carbons (Fsp3) is 1.00. The lowest BCUT2D eigenvalue weighted by Gasteiger charge is -2.41. The van der Waals surface area contributed by atoms with E-state index < -0.39 is 76.8 Å². The average molecular weight is 562 g/mol. The van der Waals surface area contributed by atoms with Gasteiger partial charge in [-0.25, -0.2) is 0 Å². The molecule has 0 heterocycles. The van der Waals surface area contributed by atoms with E-state index in [0.29, 0.717) is 0 Å². The monoisotopic (exact) mass is 562 g/mol. The van der Waals surface area contributed by atoms with E-state index in [1.807, 2.05) is 0 Å². The fourth-order valence-corrected chi connectivity index (χ4v) is 4.31. The molecule has 0 aliphatic rings. The number of alkyl halides is 15. The van der Waals surface area contributed by atoms with E-state index >= 15 is 0 Å². The Labute approximate surface area is 182 Å². The van der Waals surface area contributed by atoms with Gasteiger partial charge in [-0.15, -0.1) is 0 Å². The highest BCUT2D eigenvalue weighted by Crippen LogP contribution is 2.62. The molecule has 0 rings (SSSR count). The first-order valence-electron chi connectivity index (χ1n) is 8.78. The van der Waals surface area contributed by atoms with Crippen LogP contribution in [0.1, 0.15) is 20.8 Å². The first kappa shape index (κ1) is 33.0. The van der Waals surface area contributed by atoms with Gasteiger partial charge in [0.15, 0.2) is 0 Å². The molecule has 0 aromatic carbocycles. The summed E-state index contributed by atoms with van der Waals surface area (Å²) < 4.78 is 215. The molecule has 0 fully saturated rings. The van der Waals surface area contributed by atoms with Crippen molar-refractivity contribution in [3.8, 4) is 0 Å². The Morgan fingerprint density at radius 1 is 0.471 bits per heavy atom. The molecule has 0 spiro atoms. The zero-order valence-electron chi connectivity index (χ0n) is 17.1. The molecule has 0 aromatic rings. The maximum absolute atomic E-state index is 13.8. The Kier molecular flexibility index (Phi) is 9.87. The summed E-state index contributed by atoms with van der Waals surface area (Å²) in [5.41, 5.74) is 0. The van der Waals surface area contributed by atoms with Crippen LogP contribution >= 0.6 is 0 Å². The number of hydrogen-bond acceptors (Lipinski definition) is 4. The molecule has 0 saturated carbocycles. The van der Waals surface area contributed by atoms with Gasteiger partial charge in [-0.1, -0.05) is 0 Å². The smallest absolute Gasteiger partial charge is 0.372 e.